The highest BCUT2D eigenvalue weighted by atomic mass is 16.5. The summed E-state index contributed by atoms with van der Waals surface area (Å²) in [6, 6.07) is 4.25. The van der Waals surface area contributed by atoms with Crippen LogP contribution in [0.3, 0.4) is 0 Å². The molecule has 1 N–H and O–H groups in total. The minimum Gasteiger partial charge on any atom is -0.508 e. The molecule has 1 aromatic carbocycles. The summed E-state index contributed by atoms with van der Waals surface area (Å²) in [7, 11) is 0. The van der Waals surface area contributed by atoms with E-state index in [1.165, 1.54) is 18.1 Å². The van der Waals surface area contributed by atoms with Gasteiger partial charge in [0, 0.05) is 12.3 Å². The zero-order chi connectivity index (χ0) is 18.6. The largest absolute Gasteiger partial charge is 0.508 e. The van der Waals surface area contributed by atoms with E-state index < -0.39 is 0 Å². The van der Waals surface area contributed by atoms with Crippen LogP contribution in [0, 0.1) is 11.3 Å². The predicted octanol–water partition coefficient (Wildman–Crippen LogP) is 5.09. The summed E-state index contributed by atoms with van der Waals surface area (Å²) in [4.78, 5) is 11.5. The number of hydrogen-bond donors (Lipinski definition) is 1. The van der Waals surface area contributed by atoms with Crippen molar-refractivity contribution in [1.29, 1.82) is 0 Å². The molecule has 0 heterocycles. The Hall–Kier alpha value is -1.51. The number of carbonyl (C=O) groups excluding carboxylic acids is 1. The third-order valence-electron chi connectivity index (χ3n) is 6.92. The van der Waals surface area contributed by atoms with Crippen molar-refractivity contribution in [3.8, 4) is 5.75 Å². The van der Waals surface area contributed by atoms with E-state index in [1.807, 2.05) is 6.07 Å². The monoisotopic (exact) mass is 344 g/mol. The van der Waals surface area contributed by atoms with Crippen LogP contribution in [-0.4, -0.2) is 17.2 Å². The summed E-state index contributed by atoms with van der Waals surface area (Å²) in [5.74, 6) is 1.01. The van der Waals surface area contributed by atoms with E-state index in [4.69, 9.17) is 4.74 Å². The number of benzene rings is 1. The number of hydrogen-bond acceptors (Lipinski definition) is 3. The SMILES string of the molecule is CC(=O)O[C@H]1CC[C@]2(C)c3cc(O)c(C(C)C)cc3CC[C@H]2C1(C)C. The molecule has 1 aromatic rings. The Labute approximate surface area is 151 Å². The summed E-state index contributed by atoms with van der Waals surface area (Å²) in [6.07, 6.45) is 3.99. The molecule has 2 aliphatic rings. The first kappa shape index (κ1) is 18.3. The number of aromatic hydroxyl groups is 1. The van der Waals surface area contributed by atoms with Crippen LogP contribution in [0.1, 0.15) is 83.4 Å². The van der Waals surface area contributed by atoms with Crippen molar-refractivity contribution >= 4 is 5.97 Å². The van der Waals surface area contributed by atoms with Gasteiger partial charge in [-0.1, -0.05) is 40.7 Å². The Morgan fingerprint density at radius 2 is 1.92 bits per heavy atom. The first-order chi connectivity index (χ1) is 11.6. The highest BCUT2D eigenvalue weighted by Gasteiger charge is 2.54. The van der Waals surface area contributed by atoms with Gasteiger partial charge in [-0.3, -0.25) is 4.79 Å². The molecular weight excluding hydrogens is 312 g/mol. The van der Waals surface area contributed by atoms with Gasteiger partial charge in [0.1, 0.15) is 11.9 Å². The van der Waals surface area contributed by atoms with Crippen LogP contribution in [-0.2, 0) is 21.4 Å². The number of fused-ring (bicyclic) bond motifs is 3. The Bertz CT molecular complexity index is 689. The van der Waals surface area contributed by atoms with Crippen LogP contribution in [0.4, 0.5) is 0 Å². The van der Waals surface area contributed by atoms with Crippen LogP contribution >= 0.6 is 0 Å². The summed E-state index contributed by atoms with van der Waals surface area (Å²) in [5, 5.41) is 10.6. The van der Waals surface area contributed by atoms with Crippen LogP contribution in [0.2, 0.25) is 0 Å². The fourth-order valence-corrected chi connectivity index (χ4v) is 5.60. The fourth-order valence-electron chi connectivity index (χ4n) is 5.60. The maximum Gasteiger partial charge on any atom is 0.302 e. The third-order valence-corrected chi connectivity index (χ3v) is 6.92. The van der Waals surface area contributed by atoms with Gasteiger partial charge in [-0.25, -0.2) is 0 Å². The maximum atomic E-state index is 11.5. The zero-order valence-electron chi connectivity index (χ0n) is 16.5. The van der Waals surface area contributed by atoms with E-state index in [2.05, 4.69) is 40.7 Å². The second-order valence-corrected chi connectivity index (χ2v) is 9.19. The molecule has 0 unspecified atom stereocenters. The van der Waals surface area contributed by atoms with Crippen molar-refractivity contribution in [3.05, 3.63) is 28.8 Å². The normalized spacial score (nSPS) is 30.5. The quantitative estimate of drug-likeness (QED) is 0.760. The summed E-state index contributed by atoms with van der Waals surface area (Å²) < 4.78 is 5.67. The van der Waals surface area contributed by atoms with Gasteiger partial charge in [0.05, 0.1) is 0 Å². The van der Waals surface area contributed by atoms with E-state index in [9.17, 15) is 9.90 Å². The third kappa shape index (κ3) is 2.86. The van der Waals surface area contributed by atoms with Crippen LogP contribution in [0.25, 0.3) is 0 Å². The van der Waals surface area contributed by atoms with Gasteiger partial charge in [0.25, 0.3) is 0 Å². The molecule has 3 nitrogen and oxygen atoms in total. The Morgan fingerprint density at radius 3 is 2.52 bits per heavy atom. The zero-order valence-corrected chi connectivity index (χ0v) is 16.5. The van der Waals surface area contributed by atoms with Gasteiger partial charge < -0.3 is 9.84 Å². The standard InChI is InChI=1S/C22H32O3/c1-13(2)16-11-15-7-8-19-21(4,5)20(25-14(3)23)9-10-22(19,6)17(15)12-18(16)24/h11-13,19-20,24H,7-10H2,1-6H3/t19-,20-,22+/m0/s1. The molecule has 0 aromatic heterocycles. The first-order valence-corrected chi connectivity index (χ1v) is 9.61. The number of phenolic OH excluding ortho intramolecular Hbond substituents is 1. The number of ether oxygens (including phenoxy) is 1. The Morgan fingerprint density at radius 1 is 1.24 bits per heavy atom. The molecule has 1 fully saturated rings. The minimum atomic E-state index is -0.183. The molecule has 25 heavy (non-hydrogen) atoms. The van der Waals surface area contributed by atoms with E-state index in [0.29, 0.717) is 17.6 Å². The van der Waals surface area contributed by atoms with E-state index in [-0.39, 0.29) is 22.9 Å². The average Bonchev–Trinajstić information content (AvgIpc) is 2.50. The molecule has 0 amide bonds. The van der Waals surface area contributed by atoms with Gasteiger partial charge in [-0.2, -0.15) is 0 Å². The summed E-state index contributed by atoms with van der Waals surface area (Å²) in [5.41, 5.74) is 3.71. The molecule has 0 bridgehead atoms. The van der Waals surface area contributed by atoms with Crippen molar-refractivity contribution in [2.24, 2.45) is 11.3 Å². The van der Waals surface area contributed by atoms with Crippen molar-refractivity contribution in [2.45, 2.75) is 84.7 Å². The topological polar surface area (TPSA) is 46.5 Å². The van der Waals surface area contributed by atoms with E-state index >= 15 is 0 Å². The molecule has 1 saturated carbocycles. The summed E-state index contributed by atoms with van der Waals surface area (Å²) in [6.45, 7) is 12.6. The molecule has 2 aliphatic carbocycles. The molecule has 3 rings (SSSR count). The maximum absolute atomic E-state index is 11.5. The smallest absolute Gasteiger partial charge is 0.302 e. The highest BCUT2D eigenvalue weighted by Crippen LogP contribution is 2.58. The number of rotatable bonds is 2. The highest BCUT2D eigenvalue weighted by molar-refractivity contribution is 5.66. The van der Waals surface area contributed by atoms with Crippen molar-refractivity contribution in [2.75, 3.05) is 0 Å². The average molecular weight is 344 g/mol. The number of phenols is 1. The van der Waals surface area contributed by atoms with Crippen LogP contribution in [0.5, 0.6) is 5.75 Å². The molecule has 138 valence electrons. The lowest BCUT2D eigenvalue weighted by atomic mass is 9.49. The first-order valence-electron chi connectivity index (χ1n) is 9.61. The lowest BCUT2D eigenvalue weighted by Gasteiger charge is -2.56. The number of carbonyl (C=O) groups is 1. The van der Waals surface area contributed by atoms with Crippen LogP contribution < -0.4 is 0 Å². The van der Waals surface area contributed by atoms with E-state index in [0.717, 1.165) is 31.2 Å². The van der Waals surface area contributed by atoms with Crippen molar-refractivity contribution < 1.29 is 14.6 Å². The van der Waals surface area contributed by atoms with Gasteiger partial charge in [-0.15, -0.1) is 0 Å². The lowest BCUT2D eigenvalue weighted by molar-refractivity contribution is -0.163. The van der Waals surface area contributed by atoms with Gasteiger partial charge >= 0.3 is 5.97 Å². The number of esters is 1. The predicted molar refractivity (Wildman–Crippen MR) is 99.9 cm³/mol. The molecular formula is C22H32O3. The van der Waals surface area contributed by atoms with Crippen LogP contribution in [0.15, 0.2) is 12.1 Å². The molecule has 0 spiro atoms. The Balaban J connectivity index is 2.03. The molecule has 0 saturated heterocycles. The van der Waals surface area contributed by atoms with Gasteiger partial charge in [-0.05, 0) is 65.7 Å². The number of aryl methyl sites for hydroxylation is 1. The fraction of sp³-hybridized carbons (Fsp3) is 0.682. The van der Waals surface area contributed by atoms with Gasteiger partial charge in [0.2, 0.25) is 0 Å². The minimum absolute atomic E-state index is 0.0202. The molecule has 3 heteroatoms. The summed E-state index contributed by atoms with van der Waals surface area (Å²) >= 11 is 0. The van der Waals surface area contributed by atoms with Crippen molar-refractivity contribution in [3.63, 3.8) is 0 Å². The lowest BCUT2D eigenvalue weighted by Crippen LogP contribution is -2.54. The molecule has 3 atom stereocenters. The molecule has 0 radical (unpaired) electrons. The van der Waals surface area contributed by atoms with Crippen molar-refractivity contribution in [1.82, 2.24) is 0 Å². The Kier molecular flexibility index (Phi) is 4.41. The second-order valence-electron chi connectivity index (χ2n) is 9.19. The second kappa shape index (κ2) is 6.03. The molecule has 0 aliphatic heterocycles. The van der Waals surface area contributed by atoms with E-state index in [1.54, 1.807) is 0 Å². The van der Waals surface area contributed by atoms with Gasteiger partial charge in [0.15, 0.2) is 0 Å².